The van der Waals surface area contributed by atoms with Crippen LogP contribution in [0.3, 0.4) is 0 Å². The molecule has 0 spiro atoms. The first kappa shape index (κ1) is 14.5. The standard InChI is InChI=1S/C13H22N2O3/c1-3-4-5-6-8-14-12(18)15-9-7-13(2,10-15)11(16)17/h3H,1,4-10H2,2H3,(H,14,18)(H,16,17). The molecule has 0 aromatic rings. The van der Waals surface area contributed by atoms with Crippen LogP contribution in [0.1, 0.15) is 32.6 Å². The van der Waals surface area contributed by atoms with Gasteiger partial charge in [0.1, 0.15) is 0 Å². The normalized spacial score (nSPS) is 22.8. The second-order valence-corrected chi connectivity index (χ2v) is 5.05. The molecule has 5 nitrogen and oxygen atoms in total. The van der Waals surface area contributed by atoms with Crippen molar-refractivity contribution < 1.29 is 14.7 Å². The third-order valence-corrected chi connectivity index (χ3v) is 3.39. The third-order valence-electron chi connectivity index (χ3n) is 3.39. The Morgan fingerprint density at radius 2 is 2.22 bits per heavy atom. The Bertz CT molecular complexity index is 330. The molecule has 2 amide bonds. The Morgan fingerprint density at radius 1 is 1.50 bits per heavy atom. The van der Waals surface area contributed by atoms with E-state index in [1.54, 1.807) is 11.8 Å². The highest BCUT2D eigenvalue weighted by atomic mass is 16.4. The highest BCUT2D eigenvalue weighted by Crippen LogP contribution is 2.29. The maximum absolute atomic E-state index is 11.8. The van der Waals surface area contributed by atoms with Crippen LogP contribution in [-0.4, -0.2) is 41.6 Å². The molecule has 0 bridgehead atoms. The molecule has 2 N–H and O–H groups in total. The number of carbonyl (C=O) groups is 2. The molecule has 1 heterocycles. The van der Waals surface area contributed by atoms with Crippen molar-refractivity contribution in [2.24, 2.45) is 5.41 Å². The molecule has 18 heavy (non-hydrogen) atoms. The van der Waals surface area contributed by atoms with Gasteiger partial charge in [0, 0.05) is 19.6 Å². The molecule has 1 fully saturated rings. The summed E-state index contributed by atoms with van der Waals surface area (Å²) in [5.41, 5.74) is -0.791. The molecule has 0 saturated carbocycles. The highest BCUT2D eigenvalue weighted by molar-refractivity contribution is 5.79. The lowest BCUT2D eigenvalue weighted by atomic mass is 9.90. The predicted octanol–water partition coefficient (Wildman–Crippen LogP) is 1.85. The highest BCUT2D eigenvalue weighted by Gasteiger charge is 2.41. The zero-order chi connectivity index (χ0) is 13.6. The fourth-order valence-corrected chi connectivity index (χ4v) is 2.03. The van der Waals surface area contributed by atoms with E-state index in [0.29, 0.717) is 26.1 Å². The van der Waals surface area contributed by atoms with Gasteiger partial charge >= 0.3 is 12.0 Å². The van der Waals surface area contributed by atoms with E-state index in [9.17, 15) is 9.59 Å². The minimum absolute atomic E-state index is 0.154. The van der Waals surface area contributed by atoms with Crippen molar-refractivity contribution in [3.63, 3.8) is 0 Å². The number of urea groups is 1. The Balaban J connectivity index is 2.28. The van der Waals surface area contributed by atoms with Gasteiger partial charge in [0.15, 0.2) is 0 Å². The molecule has 5 heteroatoms. The predicted molar refractivity (Wildman–Crippen MR) is 69.4 cm³/mol. The van der Waals surface area contributed by atoms with E-state index in [1.165, 1.54) is 0 Å². The zero-order valence-electron chi connectivity index (χ0n) is 10.9. The first-order valence-corrected chi connectivity index (χ1v) is 6.37. The van der Waals surface area contributed by atoms with Crippen LogP contribution >= 0.6 is 0 Å². The van der Waals surface area contributed by atoms with Gasteiger partial charge in [-0.2, -0.15) is 0 Å². The lowest BCUT2D eigenvalue weighted by Gasteiger charge is -2.20. The molecule has 1 rings (SSSR count). The van der Waals surface area contributed by atoms with Gasteiger partial charge in [0.05, 0.1) is 5.41 Å². The molecule has 0 radical (unpaired) electrons. The summed E-state index contributed by atoms with van der Waals surface area (Å²) in [6, 6.07) is -0.154. The van der Waals surface area contributed by atoms with Gasteiger partial charge in [0.25, 0.3) is 0 Å². The van der Waals surface area contributed by atoms with Crippen LogP contribution < -0.4 is 5.32 Å². The molecule has 0 aliphatic carbocycles. The molecule has 1 aliphatic heterocycles. The van der Waals surface area contributed by atoms with Crippen molar-refractivity contribution in [1.29, 1.82) is 0 Å². The molecule has 102 valence electrons. The van der Waals surface area contributed by atoms with Crippen LogP contribution in [0.2, 0.25) is 0 Å². The minimum atomic E-state index is -0.830. The lowest BCUT2D eigenvalue weighted by Crippen LogP contribution is -2.41. The maximum atomic E-state index is 11.8. The van der Waals surface area contributed by atoms with Gasteiger partial charge in [-0.05, 0) is 32.6 Å². The van der Waals surface area contributed by atoms with Crippen LogP contribution in [0, 0.1) is 5.41 Å². The number of likely N-dealkylation sites (tertiary alicyclic amines) is 1. The first-order chi connectivity index (χ1) is 8.49. The topological polar surface area (TPSA) is 69.6 Å². The number of nitrogens with one attached hydrogen (secondary N) is 1. The van der Waals surface area contributed by atoms with Crippen LogP contribution in [0.25, 0.3) is 0 Å². The molecule has 1 saturated heterocycles. The number of rotatable bonds is 6. The van der Waals surface area contributed by atoms with Crippen LogP contribution in [0.15, 0.2) is 12.7 Å². The number of hydrogen-bond donors (Lipinski definition) is 2. The summed E-state index contributed by atoms with van der Waals surface area (Å²) in [5.74, 6) is -0.830. The Labute approximate surface area is 108 Å². The molecule has 0 aromatic carbocycles. The summed E-state index contributed by atoms with van der Waals surface area (Å²) >= 11 is 0. The van der Waals surface area contributed by atoms with Crippen molar-refractivity contribution in [3.8, 4) is 0 Å². The first-order valence-electron chi connectivity index (χ1n) is 6.37. The summed E-state index contributed by atoms with van der Waals surface area (Å²) in [7, 11) is 0. The third kappa shape index (κ3) is 3.75. The van der Waals surface area contributed by atoms with Crippen molar-refractivity contribution in [1.82, 2.24) is 10.2 Å². The Kier molecular flexibility index (Phi) is 5.19. The number of amides is 2. The lowest BCUT2D eigenvalue weighted by molar-refractivity contribution is -0.146. The van der Waals surface area contributed by atoms with E-state index in [2.05, 4.69) is 11.9 Å². The van der Waals surface area contributed by atoms with E-state index in [-0.39, 0.29) is 6.03 Å². The fourth-order valence-electron chi connectivity index (χ4n) is 2.03. The smallest absolute Gasteiger partial charge is 0.317 e. The summed E-state index contributed by atoms with van der Waals surface area (Å²) < 4.78 is 0. The summed E-state index contributed by atoms with van der Waals surface area (Å²) in [5, 5.41) is 11.9. The number of carbonyl (C=O) groups excluding carboxylic acids is 1. The number of hydrogen-bond acceptors (Lipinski definition) is 2. The number of allylic oxidation sites excluding steroid dienone is 1. The van der Waals surface area contributed by atoms with Gasteiger partial charge in [0.2, 0.25) is 0 Å². The molecule has 1 aliphatic rings. The Morgan fingerprint density at radius 3 is 2.78 bits per heavy atom. The van der Waals surface area contributed by atoms with E-state index >= 15 is 0 Å². The number of unbranched alkanes of at least 4 members (excludes halogenated alkanes) is 2. The van der Waals surface area contributed by atoms with E-state index in [0.717, 1.165) is 19.3 Å². The van der Waals surface area contributed by atoms with Gasteiger partial charge in [-0.15, -0.1) is 6.58 Å². The van der Waals surface area contributed by atoms with Gasteiger partial charge in [-0.25, -0.2) is 4.79 Å². The van der Waals surface area contributed by atoms with Crippen molar-refractivity contribution in [3.05, 3.63) is 12.7 Å². The van der Waals surface area contributed by atoms with Gasteiger partial charge < -0.3 is 15.3 Å². The quantitative estimate of drug-likeness (QED) is 0.561. The van der Waals surface area contributed by atoms with Crippen LogP contribution in [-0.2, 0) is 4.79 Å². The molecule has 1 atom stereocenters. The average molecular weight is 254 g/mol. The number of carboxylic acid groups (broad SMARTS) is 1. The van der Waals surface area contributed by atoms with Crippen LogP contribution in [0.5, 0.6) is 0 Å². The van der Waals surface area contributed by atoms with Gasteiger partial charge in [-0.3, -0.25) is 4.79 Å². The Hall–Kier alpha value is -1.52. The second kappa shape index (κ2) is 6.42. The van der Waals surface area contributed by atoms with E-state index < -0.39 is 11.4 Å². The summed E-state index contributed by atoms with van der Waals surface area (Å²) in [6.45, 7) is 6.76. The van der Waals surface area contributed by atoms with E-state index in [1.807, 2.05) is 6.08 Å². The number of nitrogens with zero attached hydrogens (tertiary/aromatic N) is 1. The van der Waals surface area contributed by atoms with Gasteiger partial charge in [-0.1, -0.05) is 6.08 Å². The zero-order valence-corrected chi connectivity index (χ0v) is 10.9. The van der Waals surface area contributed by atoms with Crippen LogP contribution in [0.4, 0.5) is 4.79 Å². The number of aliphatic carboxylic acids is 1. The van der Waals surface area contributed by atoms with Crippen molar-refractivity contribution in [2.75, 3.05) is 19.6 Å². The summed E-state index contributed by atoms with van der Waals surface area (Å²) in [6.07, 6.45) is 5.27. The van der Waals surface area contributed by atoms with E-state index in [4.69, 9.17) is 5.11 Å². The SMILES string of the molecule is C=CCCCCNC(=O)N1CCC(C)(C(=O)O)C1. The second-order valence-electron chi connectivity index (χ2n) is 5.05. The number of carboxylic acids is 1. The summed E-state index contributed by atoms with van der Waals surface area (Å²) in [4.78, 5) is 24.4. The molecular formula is C13H22N2O3. The molecular weight excluding hydrogens is 232 g/mol. The molecule has 0 aromatic heterocycles. The molecule has 1 unspecified atom stereocenters. The minimum Gasteiger partial charge on any atom is -0.481 e. The monoisotopic (exact) mass is 254 g/mol. The average Bonchev–Trinajstić information content (AvgIpc) is 2.73. The fraction of sp³-hybridized carbons (Fsp3) is 0.692. The largest absolute Gasteiger partial charge is 0.481 e. The van der Waals surface area contributed by atoms with Crippen molar-refractivity contribution >= 4 is 12.0 Å². The van der Waals surface area contributed by atoms with Crippen molar-refractivity contribution in [2.45, 2.75) is 32.6 Å². The maximum Gasteiger partial charge on any atom is 0.317 e.